The summed E-state index contributed by atoms with van der Waals surface area (Å²) < 4.78 is 2.22. The summed E-state index contributed by atoms with van der Waals surface area (Å²) >= 11 is 1.33. The van der Waals surface area contributed by atoms with Crippen LogP contribution in [0.25, 0.3) is 10.9 Å². The highest BCUT2D eigenvalue weighted by Crippen LogP contribution is 2.22. The predicted molar refractivity (Wildman–Crippen MR) is 111 cm³/mol. The third-order valence-corrected chi connectivity index (χ3v) is 5.22. The summed E-state index contributed by atoms with van der Waals surface area (Å²) in [5.41, 5.74) is 4.13. The number of rotatable bonds is 6. The Kier molecular flexibility index (Phi) is 5.12. The van der Waals surface area contributed by atoms with E-state index in [0.29, 0.717) is 17.1 Å². The van der Waals surface area contributed by atoms with E-state index in [1.54, 1.807) is 6.20 Å². The quantitative estimate of drug-likeness (QED) is 0.389. The van der Waals surface area contributed by atoms with E-state index < -0.39 is 5.97 Å². The minimum atomic E-state index is -1.03. The van der Waals surface area contributed by atoms with Crippen molar-refractivity contribution in [1.29, 1.82) is 0 Å². The van der Waals surface area contributed by atoms with Gasteiger partial charge < -0.3 is 9.67 Å². The molecule has 2 heterocycles. The molecule has 0 amide bonds. The van der Waals surface area contributed by atoms with E-state index in [2.05, 4.69) is 51.1 Å². The number of benzene rings is 2. The van der Waals surface area contributed by atoms with Crippen LogP contribution in [0.1, 0.15) is 27.2 Å². The molecule has 4 rings (SSSR count). The Bertz CT molecular complexity index is 1140. The Morgan fingerprint density at radius 2 is 1.93 bits per heavy atom. The molecule has 28 heavy (non-hydrogen) atoms. The van der Waals surface area contributed by atoms with Crippen LogP contribution in [0, 0.1) is 0 Å². The number of aromatic carboxylic acids is 1. The molecule has 0 aliphatic rings. The van der Waals surface area contributed by atoms with Crippen LogP contribution in [-0.2, 0) is 13.0 Å². The van der Waals surface area contributed by atoms with Crippen molar-refractivity contribution in [3.8, 4) is 0 Å². The van der Waals surface area contributed by atoms with Crippen molar-refractivity contribution in [2.45, 2.75) is 18.1 Å². The standard InChI is InChI=1S/C22H19N3O2S/c1-28-22-23-13-18(20(24-22)21(26)27)12-16-7-8-19-17(11-16)9-10-25(19)14-15-5-3-2-4-6-15/h2-11,13H,12,14H2,1H3,(H,26,27). The number of carboxylic acids is 1. The maximum absolute atomic E-state index is 11.6. The first-order valence-electron chi connectivity index (χ1n) is 8.89. The molecule has 0 bridgehead atoms. The molecule has 5 nitrogen and oxygen atoms in total. The number of thioether (sulfide) groups is 1. The highest BCUT2D eigenvalue weighted by atomic mass is 32.2. The minimum Gasteiger partial charge on any atom is -0.476 e. The van der Waals surface area contributed by atoms with Gasteiger partial charge in [-0.1, -0.05) is 48.2 Å². The summed E-state index contributed by atoms with van der Waals surface area (Å²) in [6, 6.07) is 18.7. The van der Waals surface area contributed by atoms with Gasteiger partial charge in [-0.3, -0.25) is 0 Å². The van der Waals surface area contributed by atoms with E-state index >= 15 is 0 Å². The van der Waals surface area contributed by atoms with Gasteiger partial charge in [0.05, 0.1) is 0 Å². The molecule has 4 aromatic rings. The van der Waals surface area contributed by atoms with Crippen LogP contribution in [-0.4, -0.2) is 31.9 Å². The van der Waals surface area contributed by atoms with E-state index in [1.165, 1.54) is 17.3 Å². The fourth-order valence-corrected chi connectivity index (χ4v) is 3.64. The zero-order valence-corrected chi connectivity index (χ0v) is 16.2. The molecule has 6 heteroatoms. The van der Waals surface area contributed by atoms with Gasteiger partial charge in [0.25, 0.3) is 0 Å². The highest BCUT2D eigenvalue weighted by Gasteiger charge is 2.15. The summed E-state index contributed by atoms with van der Waals surface area (Å²) in [5.74, 6) is -1.03. The van der Waals surface area contributed by atoms with Gasteiger partial charge in [-0.15, -0.1) is 0 Å². The second-order valence-electron chi connectivity index (χ2n) is 6.53. The lowest BCUT2D eigenvalue weighted by Gasteiger charge is -2.08. The lowest BCUT2D eigenvalue weighted by molar-refractivity contribution is 0.0688. The van der Waals surface area contributed by atoms with Crippen molar-refractivity contribution < 1.29 is 9.90 Å². The van der Waals surface area contributed by atoms with Crippen molar-refractivity contribution in [3.63, 3.8) is 0 Å². The molecule has 2 aromatic heterocycles. The molecule has 2 aromatic carbocycles. The molecule has 140 valence electrons. The SMILES string of the molecule is CSc1ncc(Cc2ccc3c(ccn3Cc3ccccc3)c2)c(C(=O)O)n1. The van der Waals surface area contributed by atoms with Crippen molar-refractivity contribution in [3.05, 3.63) is 89.4 Å². The van der Waals surface area contributed by atoms with E-state index in [-0.39, 0.29) is 5.69 Å². The molecule has 0 saturated heterocycles. The van der Waals surface area contributed by atoms with Gasteiger partial charge in [0.1, 0.15) is 0 Å². The summed E-state index contributed by atoms with van der Waals surface area (Å²) in [7, 11) is 0. The van der Waals surface area contributed by atoms with E-state index in [4.69, 9.17) is 0 Å². The lowest BCUT2D eigenvalue weighted by Crippen LogP contribution is -2.08. The van der Waals surface area contributed by atoms with Gasteiger partial charge in [0, 0.05) is 36.4 Å². The van der Waals surface area contributed by atoms with Crippen LogP contribution in [0.15, 0.2) is 72.1 Å². The lowest BCUT2D eigenvalue weighted by atomic mass is 10.0. The average molecular weight is 389 g/mol. The molecule has 0 radical (unpaired) electrons. The van der Waals surface area contributed by atoms with Crippen LogP contribution in [0.5, 0.6) is 0 Å². The number of hydrogen-bond donors (Lipinski definition) is 1. The van der Waals surface area contributed by atoms with Crippen molar-refractivity contribution >= 4 is 28.6 Å². The third-order valence-electron chi connectivity index (χ3n) is 4.65. The molecule has 0 atom stereocenters. The molecular formula is C22H19N3O2S. The third kappa shape index (κ3) is 3.77. The predicted octanol–water partition coefficient (Wildman–Crippen LogP) is 4.49. The van der Waals surface area contributed by atoms with Gasteiger partial charge >= 0.3 is 5.97 Å². The number of hydrogen-bond acceptors (Lipinski definition) is 4. The Hall–Kier alpha value is -3.12. The highest BCUT2D eigenvalue weighted by molar-refractivity contribution is 7.98. The fourth-order valence-electron chi connectivity index (χ4n) is 3.30. The number of fused-ring (bicyclic) bond motifs is 1. The number of carboxylic acid groups (broad SMARTS) is 1. The van der Waals surface area contributed by atoms with Gasteiger partial charge in [-0.2, -0.15) is 0 Å². The van der Waals surface area contributed by atoms with E-state index in [0.717, 1.165) is 23.0 Å². The first kappa shape index (κ1) is 18.3. The van der Waals surface area contributed by atoms with Gasteiger partial charge in [0.2, 0.25) is 0 Å². The molecule has 1 N–H and O–H groups in total. The topological polar surface area (TPSA) is 68.0 Å². The first-order valence-corrected chi connectivity index (χ1v) is 10.1. The average Bonchev–Trinajstić information content (AvgIpc) is 3.11. The van der Waals surface area contributed by atoms with Crippen LogP contribution in [0.3, 0.4) is 0 Å². The zero-order chi connectivity index (χ0) is 19.5. The fraction of sp³-hybridized carbons (Fsp3) is 0.136. The smallest absolute Gasteiger partial charge is 0.354 e. The Labute approximate surface area is 167 Å². The summed E-state index contributed by atoms with van der Waals surface area (Å²) in [5, 5.41) is 11.1. The largest absolute Gasteiger partial charge is 0.476 e. The molecule has 0 saturated carbocycles. The van der Waals surface area contributed by atoms with Crippen molar-refractivity contribution in [2.75, 3.05) is 6.26 Å². The summed E-state index contributed by atoms with van der Waals surface area (Å²) in [4.78, 5) is 19.9. The molecule has 0 aliphatic carbocycles. The zero-order valence-electron chi connectivity index (χ0n) is 15.4. The monoisotopic (exact) mass is 389 g/mol. The minimum absolute atomic E-state index is 0.0705. The van der Waals surface area contributed by atoms with Gasteiger partial charge in [-0.25, -0.2) is 14.8 Å². The van der Waals surface area contributed by atoms with E-state index in [9.17, 15) is 9.90 Å². The van der Waals surface area contributed by atoms with Crippen LogP contribution >= 0.6 is 11.8 Å². The maximum atomic E-state index is 11.6. The summed E-state index contributed by atoms with van der Waals surface area (Å²) in [6.45, 7) is 0.816. The van der Waals surface area contributed by atoms with Crippen LogP contribution in [0.4, 0.5) is 0 Å². The number of aromatic nitrogens is 3. The van der Waals surface area contributed by atoms with Gasteiger partial charge in [-0.05, 0) is 41.0 Å². The molecular weight excluding hydrogens is 370 g/mol. The second-order valence-corrected chi connectivity index (χ2v) is 7.31. The first-order chi connectivity index (χ1) is 13.6. The summed E-state index contributed by atoms with van der Waals surface area (Å²) in [6.07, 6.45) is 6.01. The maximum Gasteiger partial charge on any atom is 0.354 e. The van der Waals surface area contributed by atoms with E-state index in [1.807, 2.05) is 30.5 Å². The Morgan fingerprint density at radius 1 is 1.11 bits per heavy atom. The van der Waals surface area contributed by atoms with Crippen LogP contribution < -0.4 is 0 Å². The Balaban J connectivity index is 1.62. The molecule has 0 aliphatic heterocycles. The number of nitrogens with zero attached hydrogens (tertiary/aromatic N) is 3. The Morgan fingerprint density at radius 3 is 2.68 bits per heavy atom. The molecule has 0 spiro atoms. The van der Waals surface area contributed by atoms with Crippen molar-refractivity contribution in [2.24, 2.45) is 0 Å². The van der Waals surface area contributed by atoms with Crippen LogP contribution in [0.2, 0.25) is 0 Å². The van der Waals surface area contributed by atoms with Crippen molar-refractivity contribution in [1.82, 2.24) is 14.5 Å². The molecule has 0 fully saturated rings. The number of carbonyl (C=O) groups is 1. The van der Waals surface area contributed by atoms with Gasteiger partial charge in [0.15, 0.2) is 10.9 Å². The normalized spacial score (nSPS) is 11.0. The second kappa shape index (κ2) is 7.86. The molecule has 0 unspecified atom stereocenters.